The van der Waals surface area contributed by atoms with Crippen molar-refractivity contribution in [3.05, 3.63) is 35.1 Å². The highest BCUT2D eigenvalue weighted by atomic mass is 35.5. The van der Waals surface area contributed by atoms with Crippen LogP contribution in [0.15, 0.2) is 12.1 Å². The number of rotatable bonds is 2. The molecular formula is C9H8ClF3N2. The Kier molecular flexibility index (Phi) is 5.12. The largest absolute Gasteiger partial charge is 0.323 e. The summed E-state index contributed by atoms with van der Waals surface area (Å²) in [6.45, 7) is 0. The maximum atomic E-state index is 13.0. The highest BCUT2D eigenvalue weighted by Gasteiger charge is 2.15. The van der Waals surface area contributed by atoms with Crippen molar-refractivity contribution in [2.75, 3.05) is 0 Å². The summed E-state index contributed by atoms with van der Waals surface area (Å²) in [6.07, 6.45) is -0.151. The Morgan fingerprint density at radius 1 is 1.20 bits per heavy atom. The summed E-state index contributed by atoms with van der Waals surface area (Å²) in [6, 6.07) is 1.88. The molecule has 2 N–H and O–H groups in total. The van der Waals surface area contributed by atoms with Crippen molar-refractivity contribution < 1.29 is 13.2 Å². The Bertz CT molecular complexity index is 390. The first-order chi connectivity index (χ1) is 6.56. The van der Waals surface area contributed by atoms with Gasteiger partial charge in [-0.05, 0) is 6.07 Å². The number of hydrogen-bond donors (Lipinski definition) is 1. The summed E-state index contributed by atoms with van der Waals surface area (Å²) in [7, 11) is 0. The van der Waals surface area contributed by atoms with Crippen LogP contribution in [-0.2, 0) is 0 Å². The van der Waals surface area contributed by atoms with E-state index in [0.717, 1.165) is 0 Å². The molecule has 15 heavy (non-hydrogen) atoms. The number of halogens is 4. The second kappa shape index (κ2) is 5.59. The quantitative estimate of drug-likeness (QED) is 0.802. The van der Waals surface area contributed by atoms with Crippen LogP contribution >= 0.6 is 12.4 Å². The number of nitriles is 1. The summed E-state index contributed by atoms with van der Waals surface area (Å²) >= 11 is 0. The van der Waals surface area contributed by atoms with Crippen LogP contribution in [0.25, 0.3) is 0 Å². The number of hydrogen-bond acceptors (Lipinski definition) is 2. The molecule has 1 aromatic rings. The van der Waals surface area contributed by atoms with E-state index >= 15 is 0 Å². The van der Waals surface area contributed by atoms with E-state index in [1.807, 2.05) is 0 Å². The minimum Gasteiger partial charge on any atom is -0.323 e. The van der Waals surface area contributed by atoms with Gasteiger partial charge < -0.3 is 5.73 Å². The van der Waals surface area contributed by atoms with Crippen molar-refractivity contribution >= 4 is 12.4 Å². The molecule has 0 aliphatic rings. The van der Waals surface area contributed by atoms with E-state index in [9.17, 15) is 13.2 Å². The average molecular weight is 237 g/mol. The minimum absolute atomic E-state index is 0. The Labute approximate surface area is 90.9 Å². The molecule has 2 nitrogen and oxygen atoms in total. The standard InChI is InChI=1S/C9H7F3N2.ClH/c10-6-4-8(12)7(11)3-5(6)9(14)1-2-13;/h3-4,9H,1,14H2;1H/t9-;/m0./s1. The van der Waals surface area contributed by atoms with E-state index < -0.39 is 23.5 Å². The lowest BCUT2D eigenvalue weighted by atomic mass is 10.0. The molecule has 1 aromatic carbocycles. The van der Waals surface area contributed by atoms with E-state index in [2.05, 4.69) is 0 Å². The molecule has 0 unspecified atom stereocenters. The second-order valence-electron chi connectivity index (χ2n) is 2.76. The van der Waals surface area contributed by atoms with Crippen molar-refractivity contribution in [3.63, 3.8) is 0 Å². The highest BCUT2D eigenvalue weighted by Crippen LogP contribution is 2.20. The van der Waals surface area contributed by atoms with Crippen LogP contribution < -0.4 is 5.73 Å². The molecule has 0 fully saturated rings. The van der Waals surface area contributed by atoms with Crippen LogP contribution in [0.2, 0.25) is 0 Å². The van der Waals surface area contributed by atoms with Crippen molar-refractivity contribution in [1.82, 2.24) is 0 Å². The second-order valence-corrected chi connectivity index (χ2v) is 2.76. The van der Waals surface area contributed by atoms with Gasteiger partial charge in [-0.3, -0.25) is 0 Å². The van der Waals surface area contributed by atoms with Gasteiger partial charge in [-0.2, -0.15) is 5.26 Å². The number of nitrogens with two attached hydrogens (primary N) is 1. The SMILES string of the molecule is Cl.N#CC[C@H](N)c1cc(F)c(F)cc1F. The van der Waals surface area contributed by atoms with Gasteiger partial charge in [-0.25, -0.2) is 13.2 Å². The molecule has 0 aliphatic carbocycles. The molecule has 0 spiro atoms. The molecule has 1 rings (SSSR count). The molecule has 0 saturated carbocycles. The van der Waals surface area contributed by atoms with Gasteiger partial charge in [0.05, 0.1) is 12.5 Å². The van der Waals surface area contributed by atoms with E-state index in [0.29, 0.717) is 12.1 Å². The zero-order chi connectivity index (χ0) is 10.7. The van der Waals surface area contributed by atoms with Crippen molar-refractivity contribution in [2.45, 2.75) is 12.5 Å². The fourth-order valence-corrected chi connectivity index (χ4v) is 1.03. The normalized spacial score (nSPS) is 11.4. The zero-order valence-corrected chi connectivity index (χ0v) is 8.32. The topological polar surface area (TPSA) is 49.8 Å². The fourth-order valence-electron chi connectivity index (χ4n) is 1.03. The molecule has 0 radical (unpaired) electrons. The monoisotopic (exact) mass is 236 g/mol. The molecule has 0 amide bonds. The first kappa shape index (κ1) is 13.8. The Morgan fingerprint density at radius 2 is 1.73 bits per heavy atom. The third-order valence-corrected chi connectivity index (χ3v) is 1.75. The van der Waals surface area contributed by atoms with Crippen LogP contribution in [0.1, 0.15) is 18.0 Å². The summed E-state index contributed by atoms with van der Waals surface area (Å²) in [4.78, 5) is 0. The lowest BCUT2D eigenvalue weighted by Crippen LogP contribution is -2.12. The Hall–Kier alpha value is -1.25. The smallest absolute Gasteiger partial charge is 0.161 e. The van der Waals surface area contributed by atoms with E-state index in [-0.39, 0.29) is 24.4 Å². The van der Waals surface area contributed by atoms with Gasteiger partial charge in [0.15, 0.2) is 11.6 Å². The van der Waals surface area contributed by atoms with Gasteiger partial charge in [-0.15, -0.1) is 12.4 Å². The third kappa shape index (κ3) is 3.11. The zero-order valence-electron chi connectivity index (χ0n) is 7.51. The molecule has 0 saturated heterocycles. The molecule has 0 bridgehead atoms. The molecule has 0 aromatic heterocycles. The maximum absolute atomic E-state index is 13.0. The molecule has 0 heterocycles. The van der Waals surface area contributed by atoms with E-state index in [1.54, 1.807) is 6.07 Å². The predicted molar refractivity (Wildman–Crippen MR) is 50.7 cm³/mol. The van der Waals surface area contributed by atoms with Crippen LogP contribution in [0.5, 0.6) is 0 Å². The van der Waals surface area contributed by atoms with Crippen LogP contribution in [0.4, 0.5) is 13.2 Å². The van der Waals surface area contributed by atoms with Crippen LogP contribution in [-0.4, -0.2) is 0 Å². The molecular weight excluding hydrogens is 229 g/mol. The van der Waals surface area contributed by atoms with Crippen molar-refractivity contribution in [2.24, 2.45) is 5.73 Å². The van der Waals surface area contributed by atoms with Gasteiger partial charge in [0.1, 0.15) is 5.82 Å². The van der Waals surface area contributed by atoms with Gasteiger partial charge in [0.25, 0.3) is 0 Å². The first-order valence-corrected chi connectivity index (χ1v) is 3.83. The van der Waals surface area contributed by atoms with Gasteiger partial charge in [-0.1, -0.05) is 0 Å². The Morgan fingerprint density at radius 3 is 2.27 bits per heavy atom. The predicted octanol–water partition coefficient (Wildman–Crippen LogP) is 2.44. The summed E-state index contributed by atoms with van der Waals surface area (Å²) in [5, 5.41) is 8.29. The number of benzene rings is 1. The van der Waals surface area contributed by atoms with Gasteiger partial charge in [0.2, 0.25) is 0 Å². The highest BCUT2D eigenvalue weighted by molar-refractivity contribution is 5.85. The molecule has 82 valence electrons. The van der Waals surface area contributed by atoms with Crippen LogP contribution in [0, 0.1) is 28.8 Å². The molecule has 1 atom stereocenters. The van der Waals surface area contributed by atoms with Gasteiger partial charge in [0, 0.05) is 17.7 Å². The lowest BCUT2D eigenvalue weighted by molar-refractivity contribution is 0.485. The fraction of sp³-hybridized carbons (Fsp3) is 0.222. The molecule has 0 aliphatic heterocycles. The summed E-state index contributed by atoms with van der Waals surface area (Å²) in [5.74, 6) is -3.38. The van der Waals surface area contributed by atoms with E-state index in [4.69, 9.17) is 11.0 Å². The Balaban J connectivity index is 0.00000196. The lowest BCUT2D eigenvalue weighted by Gasteiger charge is -2.09. The van der Waals surface area contributed by atoms with Gasteiger partial charge >= 0.3 is 0 Å². The van der Waals surface area contributed by atoms with E-state index in [1.165, 1.54) is 0 Å². The average Bonchev–Trinajstić information content (AvgIpc) is 2.11. The van der Waals surface area contributed by atoms with Crippen LogP contribution in [0.3, 0.4) is 0 Å². The van der Waals surface area contributed by atoms with Crippen molar-refractivity contribution in [3.8, 4) is 6.07 Å². The summed E-state index contributed by atoms with van der Waals surface area (Å²) < 4.78 is 38.2. The molecule has 6 heteroatoms. The van der Waals surface area contributed by atoms with Crippen molar-refractivity contribution in [1.29, 1.82) is 5.26 Å². The minimum atomic E-state index is -1.27. The third-order valence-electron chi connectivity index (χ3n) is 1.75. The first-order valence-electron chi connectivity index (χ1n) is 3.83. The number of nitrogens with zero attached hydrogens (tertiary/aromatic N) is 1. The summed E-state index contributed by atoms with van der Waals surface area (Å²) in [5.41, 5.74) is 5.18. The maximum Gasteiger partial charge on any atom is 0.161 e.